The summed E-state index contributed by atoms with van der Waals surface area (Å²) < 4.78 is 1.14. The Kier molecular flexibility index (Phi) is 5.72. The van der Waals surface area contributed by atoms with E-state index in [1.165, 1.54) is 4.90 Å². The second kappa shape index (κ2) is 8.83. The van der Waals surface area contributed by atoms with E-state index >= 15 is 0 Å². The normalized spacial score (nSPS) is 18.0. The van der Waals surface area contributed by atoms with E-state index in [0.29, 0.717) is 24.2 Å². The number of carbonyl (C=O) groups is 3. The number of benzene rings is 2. The molecule has 0 saturated carbocycles. The van der Waals surface area contributed by atoms with Crippen LogP contribution in [0.2, 0.25) is 0 Å². The quantitative estimate of drug-likeness (QED) is 0.443. The van der Waals surface area contributed by atoms with Gasteiger partial charge < -0.3 is 10.2 Å². The Labute approximate surface area is 196 Å². The molecule has 0 unspecified atom stereocenters. The standard InChI is InChI=1S/C26H25N3O3S/c1-2-12-27-24(30)18-8-6-13-28(15-18)21-10-5-9-20-23(21)26(32)29(25(20)31)16-19-14-17-7-3-4-11-22(17)33-19/h2-5,7,9-11,14,18H,1,6,8,12-13,15-16H2,(H,27,30)/t18-/m1/s1. The van der Waals surface area contributed by atoms with Crippen LogP contribution in [0.3, 0.4) is 0 Å². The van der Waals surface area contributed by atoms with Crippen molar-refractivity contribution in [2.45, 2.75) is 19.4 Å². The van der Waals surface area contributed by atoms with Gasteiger partial charge in [-0.1, -0.05) is 30.3 Å². The SMILES string of the molecule is C=CCNC(=O)[C@@H]1CCCN(c2cccc3c2C(=O)N(Cc2cc4ccccc4s2)C3=O)C1. The van der Waals surface area contributed by atoms with Crippen molar-refractivity contribution in [2.24, 2.45) is 5.92 Å². The first kappa shape index (κ1) is 21.4. The van der Waals surface area contributed by atoms with Crippen LogP contribution in [-0.4, -0.2) is 42.3 Å². The molecule has 0 spiro atoms. The van der Waals surface area contributed by atoms with Gasteiger partial charge in [-0.25, -0.2) is 0 Å². The average molecular weight is 460 g/mol. The molecule has 0 radical (unpaired) electrons. The number of anilines is 1. The van der Waals surface area contributed by atoms with E-state index in [1.807, 2.05) is 42.5 Å². The van der Waals surface area contributed by atoms with Crippen molar-refractivity contribution in [2.75, 3.05) is 24.5 Å². The Hall–Kier alpha value is -3.45. The molecule has 1 saturated heterocycles. The van der Waals surface area contributed by atoms with Gasteiger partial charge in [-0.15, -0.1) is 17.9 Å². The van der Waals surface area contributed by atoms with Gasteiger partial charge in [0, 0.05) is 29.2 Å². The summed E-state index contributed by atoms with van der Waals surface area (Å²) in [5, 5.41) is 3.99. The molecule has 3 amide bonds. The van der Waals surface area contributed by atoms with Crippen LogP contribution in [0.25, 0.3) is 10.1 Å². The number of carbonyl (C=O) groups excluding carboxylic acids is 3. The second-order valence-electron chi connectivity index (χ2n) is 8.47. The Morgan fingerprint density at radius 3 is 2.82 bits per heavy atom. The van der Waals surface area contributed by atoms with Gasteiger partial charge in [0.15, 0.2) is 0 Å². The van der Waals surface area contributed by atoms with Gasteiger partial charge in [-0.2, -0.15) is 0 Å². The highest BCUT2D eigenvalue weighted by molar-refractivity contribution is 7.19. The lowest BCUT2D eigenvalue weighted by atomic mass is 9.95. The van der Waals surface area contributed by atoms with Crippen LogP contribution in [0.5, 0.6) is 0 Å². The van der Waals surface area contributed by atoms with Gasteiger partial charge in [-0.05, 0) is 42.5 Å². The molecule has 1 N–H and O–H groups in total. The number of fused-ring (bicyclic) bond motifs is 2. The molecular weight excluding hydrogens is 434 g/mol. The second-order valence-corrected chi connectivity index (χ2v) is 9.63. The van der Waals surface area contributed by atoms with Crippen molar-refractivity contribution in [3.05, 3.63) is 77.2 Å². The summed E-state index contributed by atoms with van der Waals surface area (Å²) in [6, 6.07) is 15.5. The van der Waals surface area contributed by atoms with Gasteiger partial charge in [0.05, 0.1) is 29.3 Å². The van der Waals surface area contributed by atoms with Crippen LogP contribution in [0.1, 0.15) is 38.4 Å². The van der Waals surface area contributed by atoms with E-state index in [1.54, 1.807) is 23.5 Å². The minimum absolute atomic E-state index is 0.000896. The van der Waals surface area contributed by atoms with Gasteiger partial charge in [-0.3, -0.25) is 19.3 Å². The minimum Gasteiger partial charge on any atom is -0.370 e. The van der Waals surface area contributed by atoms with Gasteiger partial charge in [0.25, 0.3) is 11.8 Å². The molecule has 2 aliphatic rings. The van der Waals surface area contributed by atoms with E-state index in [2.05, 4.69) is 16.8 Å². The number of piperidine rings is 1. The number of hydrogen-bond acceptors (Lipinski definition) is 5. The average Bonchev–Trinajstić information content (AvgIpc) is 3.37. The number of rotatable bonds is 6. The van der Waals surface area contributed by atoms with Crippen LogP contribution >= 0.6 is 11.3 Å². The summed E-state index contributed by atoms with van der Waals surface area (Å²) in [6.07, 6.45) is 3.32. The Balaban J connectivity index is 1.40. The number of imide groups is 1. The Bertz CT molecular complexity index is 1230. The summed E-state index contributed by atoms with van der Waals surface area (Å²) in [5.74, 6) is -0.676. The highest BCUT2D eigenvalue weighted by Gasteiger charge is 2.39. The molecule has 2 aliphatic heterocycles. The maximum absolute atomic E-state index is 13.4. The minimum atomic E-state index is -0.263. The first-order chi connectivity index (χ1) is 16.1. The third kappa shape index (κ3) is 3.93. The Morgan fingerprint density at radius 1 is 1.15 bits per heavy atom. The van der Waals surface area contributed by atoms with E-state index in [0.717, 1.165) is 40.0 Å². The van der Waals surface area contributed by atoms with Crippen molar-refractivity contribution in [3.8, 4) is 0 Å². The van der Waals surface area contributed by atoms with E-state index in [4.69, 9.17) is 0 Å². The summed E-state index contributed by atoms with van der Waals surface area (Å²) in [5.41, 5.74) is 1.64. The predicted octanol–water partition coefficient (Wildman–Crippen LogP) is 4.22. The lowest BCUT2D eigenvalue weighted by Crippen LogP contribution is -2.43. The molecule has 3 aromatic rings. The van der Waals surface area contributed by atoms with Crippen LogP contribution in [-0.2, 0) is 11.3 Å². The molecule has 6 nitrogen and oxygen atoms in total. The topological polar surface area (TPSA) is 69.7 Å². The molecule has 3 heterocycles. The largest absolute Gasteiger partial charge is 0.370 e. The fourth-order valence-corrected chi connectivity index (χ4v) is 5.77. The molecule has 33 heavy (non-hydrogen) atoms. The summed E-state index contributed by atoms with van der Waals surface area (Å²) in [7, 11) is 0. The van der Waals surface area contributed by atoms with Crippen LogP contribution in [0, 0.1) is 5.92 Å². The molecule has 0 bridgehead atoms. The molecular formula is C26H25N3O3S. The van der Waals surface area contributed by atoms with Crippen molar-refractivity contribution < 1.29 is 14.4 Å². The Morgan fingerprint density at radius 2 is 2.00 bits per heavy atom. The third-order valence-corrected chi connectivity index (χ3v) is 7.42. The molecule has 2 aromatic carbocycles. The van der Waals surface area contributed by atoms with Crippen molar-refractivity contribution in [3.63, 3.8) is 0 Å². The van der Waals surface area contributed by atoms with Crippen molar-refractivity contribution in [1.29, 1.82) is 0 Å². The number of amides is 3. The maximum atomic E-state index is 13.4. The number of hydrogen-bond donors (Lipinski definition) is 1. The number of thiophene rings is 1. The maximum Gasteiger partial charge on any atom is 0.264 e. The molecule has 1 atom stereocenters. The van der Waals surface area contributed by atoms with Gasteiger partial charge >= 0.3 is 0 Å². The van der Waals surface area contributed by atoms with E-state index in [-0.39, 0.29) is 30.2 Å². The molecule has 1 fully saturated rings. The molecule has 1 aromatic heterocycles. The van der Waals surface area contributed by atoms with Crippen molar-refractivity contribution in [1.82, 2.24) is 10.2 Å². The van der Waals surface area contributed by atoms with Crippen molar-refractivity contribution >= 4 is 44.8 Å². The zero-order valence-electron chi connectivity index (χ0n) is 18.3. The smallest absolute Gasteiger partial charge is 0.264 e. The first-order valence-electron chi connectivity index (χ1n) is 11.2. The van der Waals surface area contributed by atoms with Crippen LogP contribution in [0.4, 0.5) is 5.69 Å². The monoisotopic (exact) mass is 459 g/mol. The highest BCUT2D eigenvalue weighted by Crippen LogP contribution is 2.36. The lowest BCUT2D eigenvalue weighted by Gasteiger charge is -2.34. The summed E-state index contributed by atoms with van der Waals surface area (Å²) in [6.45, 7) is 5.62. The van der Waals surface area contributed by atoms with E-state index in [9.17, 15) is 14.4 Å². The lowest BCUT2D eigenvalue weighted by molar-refractivity contribution is -0.125. The summed E-state index contributed by atoms with van der Waals surface area (Å²) in [4.78, 5) is 43.5. The van der Waals surface area contributed by atoms with Gasteiger partial charge in [0.2, 0.25) is 5.91 Å². The van der Waals surface area contributed by atoms with Gasteiger partial charge in [0.1, 0.15) is 0 Å². The number of nitrogens with zero attached hydrogens (tertiary/aromatic N) is 2. The van der Waals surface area contributed by atoms with Crippen LogP contribution < -0.4 is 10.2 Å². The third-order valence-electron chi connectivity index (χ3n) is 6.32. The van der Waals surface area contributed by atoms with E-state index < -0.39 is 0 Å². The number of nitrogens with one attached hydrogen (secondary N) is 1. The molecule has 7 heteroatoms. The highest BCUT2D eigenvalue weighted by atomic mass is 32.1. The molecule has 5 rings (SSSR count). The summed E-state index contributed by atoms with van der Waals surface area (Å²) >= 11 is 1.60. The van der Waals surface area contributed by atoms with Crippen LogP contribution in [0.15, 0.2) is 61.2 Å². The molecule has 0 aliphatic carbocycles. The zero-order chi connectivity index (χ0) is 22.9. The fraction of sp³-hybridized carbons (Fsp3) is 0.269. The first-order valence-corrected chi connectivity index (χ1v) is 12.0. The molecule has 168 valence electrons. The predicted molar refractivity (Wildman–Crippen MR) is 131 cm³/mol. The zero-order valence-corrected chi connectivity index (χ0v) is 19.1. The fourth-order valence-electron chi connectivity index (χ4n) is 4.72.